The van der Waals surface area contributed by atoms with Gasteiger partial charge in [0.05, 0.1) is 18.6 Å². The van der Waals surface area contributed by atoms with Crippen molar-refractivity contribution in [3.05, 3.63) is 23.7 Å². The Morgan fingerprint density at radius 1 is 1.24 bits per heavy atom. The van der Waals surface area contributed by atoms with Crippen molar-refractivity contribution in [3.8, 4) is 0 Å². The zero-order valence-corrected chi connectivity index (χ0v) is 13.6. The second-order valence-corrected chi connectivity index (χ2v) is 5.65. The van der Waals surface area contributed by atoms with E-state index in [-0.39, 0.29) is 5.38 Å². The van der Waals surface area contributed by atoms with Gasteiger partial charge in [-0.05, 0) is 32.4 Å². The number of fused-ring (bicyclic) bond motifs is 1. The molecular weight excluding hydrogens is 290 g/mol. The number of nitrogens with zero attached hydrogens (tertiary/aromatic N) is 3. The molecule has 2 aromatic rings. The first-order chi connectivity index (χ1) is 10.1. The molecule has 0 fully saturated rings. The van der Waals surface area contributed by atoms with Gasteiger partial charge < -0.3 is 14.0 Å². The number of hydrogen-bond acceptors (Lipinski definition) is 4. The molecule has 2 aromatic heterocycles. The molecule has 0 radical (unpaired) electrons. The highest BCUT2D eigenvalue weighted by molar-refractivity contribution is 6.20. The van der Waals surface area contributed by atoms with Crippen LogP contribution in [0.4, 0.5) is 0 Å². The average Bonchev–Trinajstić information content (AvgIpc) is 2.81. The number of rotatable bonds is 8. The summed E-state index contributed by atoms with van der Waals surface area (Å²) in [6, 6.07) is 3.96. The van der Waals surface area contributed by atoms with E-state index in [9.17, 15) is 0 Å². The van der Waals surface area contributed by atoms with Gasteiger partial charge in [0, 0.05) is 26.0 Å². The molecule has 0 spiro atoms. The van der Waals surface area contributed by atoms with Gasteiger partial charge in [-0.15, -0.1) is 11.6 Å². The summed E-state index contributed by atoms with van der Waals surface area (Å²) in [5.41, 5.74) is 2.77. The van der Waals surface area contributed by atoms with Crippen molar-refractivity contribution in [2.24, 2.45) is 0 Å². The molecule has 6 heteroatoms. The van der Waals surface area contributed by atoms with Crippen molar-refractivity contribution in [1.29, 1.82) is 0 Å². The largest absolute Gasteiger partial charge is 0.382 e. The van der Waals surface area contributed by atoms with Gasteiger partial charge >= 0.3 is 0 Å². The molecule has 5 nitrogen and oxygen atoms in total. The highest BCUT2D eigenvalue weighted by Gasteiger charge is 2.15. The number of imidazole rings is 1. The highest BCUT2D eigenvalue weighted by atomic mass is 35.5. The summed E-state index contributed by atoms with van der Waals surface area (Å²) in [7, 11) is 1.67. The van der Waals surface area contributed by atoms with Crippen LogP contribution < -0.4 is 0 Å². The molecule has 0 aliphatic heterocycles. The first kappa shape index (κ1) is 16.2. The average molecular weight is 312 g/mol. The first-order valence-corrected chi connectivity index (χ1v) is 7.61. The molecule has 0 bridgehead atoms. The van der Waals surface area contributed by atoms with Crippen LogP contribution in [-0.2, 0) is 16.0 Å². The summed E-state index contributed by atoms with van der Waals surface area (Å²) in [6.07, 6.45) is 0.890. The molecule has 0 saturated heterocycles. The summed E-state index contributed by atoms with van der Waals surface area (Å²) < 4.78 is 12.5. The lowest BCUT2D eigenvalue weighted by Crippen LogP contribution is -2.09. The van der Waals surface area contributed by atoms with Crippen LogP contribution in [0.5, 0.6) is 0 Å². The molecular formula is C15H22ClN3O2. The first-order valence-electron chi connectivity index (χ1n) is 7.18. The fourth-order valence-electron chi connectivity index (χ4n) is 2.21. The molecule has 1 unspecified atom stereocenters. The summed E-state index contributed by atoms with van der Waals surface area (Å²) in [5, 5.41) is -0.145. The maximum absolute atomic E-state index is 6.24. The van der Waals surface area contributed by atoms with Crippen LogP contribution in [0.3, 0.4) is 0 Å². The normalized spacial score (nSPS) is 13.0. The quantitative estimate of drug-likeness (QED) is 0.555. The van der Waals surface area contributed by atoms with Gasteiger partial charge in [0.2, 0.25) is 0 Å². The molecule has 21 heavy (non-hydrogen) atoms. The minimum absolute atomic E-state index is 0.145. The van der Waals surface area contributed by atoms with Crippen LogP contribution in [0.1, 0.15) is 30.2 Å². The summed E-state index contributed by atoms with van der Waals surface area (Å²) >= 11 is 6.24. The number of hydrogen-bond donors (Lipinski definition) is 0. The number of halogens is 1. The number of ether oxygens (including phenoxy) is 2. The van der Waals surface area contributed by atoms with Crippen molar-refractivity contribution in [1.82, 2.24) is 14.5 Å². The molecule has 116 valence electrons. The van der Waals surface area contributed by atoms with Crippen molar-refractivity contribution >= 4 is 22.8 Å². The van der Waals surface area contributed by atoms with Gasteiger partial charge in [0.25, 0.3) is 0 Å². The van der Waals surface area contributed by atoms with Gasteiger partial charge in [-0.3, -0.25) is 0 Å². The molecule has 1 atom stereocenters. The van der Waals surface area contributed by atoms with Gasteiger partial charge in [-0.25, -0.2) is 9.97 Å². The number of aryl methyl sites for hydroxylation is 2. The molecule has 0 saturated carbocycles. The maximum atomic E-state index is 6.24. The van der Waals surface area contributed by atoms with Crippen LogP contribution >= 0.6 is 11.6 Å². The summed E-state index contributed by atoms with van der Waals surface area (Å²) in [6.45, 7) is 6.64. The SMILES string of the molecule is COCCOCCCn1c(C(C)Cl)nc2ccc(C)nc21. The lowest BCUT2D eigenvalue weighted by Gasteiger charge is -2.10. The van der Waals surface area contributed by atoms with E-state index in [0.29, 0.717) is 19.8 Å². The predicted molar refractivity (Wildman–Crippen MR) is 83.8 cm³/mol. The summed E-state index contributed by atoms with van der Waals surface area (Å²) in [5.74, 6) is 0.863. The van der Waals surface area contributed by atoms with E-state index in [2.05, 4.69) is 14.5 Å². The molecule has 0 aliphatic carbocycles. The third-order valence-corrected chi connectivity index (χ3v) is 3.41. The van der Waals surface area contributed by atoms with Crippen LogP contribution in [-0.4, -0.2) is 41.5 Å². The third-order valence-electron chi connectivity index (χ3n) is 3.22. The van der Waals surface area contributed by atoms with E-state index < -0.39 is 0 Å². The topological polar surface area (TPSA) is 49.2 Å². The maximum Gasteiger partial charge on any atom is 0.160 e. The van der Waals surface area contributed by atoms with E-state index in [4.69, 9.17) is 21.1 Å². The van der Waals surface area contributed by atoms with Crippen LogP contribution in [0.25, 0.3) is 11.2 Å². The lowest BCUT2D eigenvalue weighted by molar-refractivity contribution is 0.0680. The molecule has 2 rings (SSSR count). The van der Waals surface area contributed by atoms with Crippen LogP contribution in [0.2, 0.25) is 0 Å². The smallest absolute Gasteiger partial charge is 0.160 e. The number of pyridine rings is 1. The Kier molecular flexibility index (Phi) is 5.96. The van der Waals surface area contributed by atoms with Crippen LogP contribution in [0.15, 0.2) is 12.1 Å². The Morgan fingerprint density at radius 3 is 2.76 bits per heavy atom. The Morgan fingerprint density at radius 2 is 2.05 bits per heavy atom. The van der Waals surface area contributed by atoms with Gasteiger partial charge in [-0.1, -0.05) is 0 Å². The summed E-state index contributed by atoms with van der Waals surface area (Å²) in [4.78, 5) is 9.18. The minimum Gasteiger partial charge on any atom is -0.382 e. The lowest BCUT2D eigenvalue weighted by atomic mass is 10.3. The van der Waals surface area contributed by atoms with E-state index in [1.54, 1.807) is 7.11 Å². The number of alkyl halides is 1. The number of methoxy groups -OCH3 is 1. The van der Waals surface area contributed by atoms with E-state index >= 15 is 0 Å². The molecule has 0 aliphatic rings. The Hall–Kier alpha value is -1.17. The fraction of sp³-hybridized carbons (Fsp3) is 0.600. The Balaban J connectivity index is 2.09. The zero-order chi connectivity index (χ0) is 15.2. The number of aromatic nitrogens is 3. The van der Waals surface area contributed by atoms with Crippen LogP contribution in [0, 0.1) is 6.92 Å². The van der Waals surface area contributed by atoms with Gasteiger partial charge in [0.1, 0.15) is 11.3 Å². The highest BCUT2D eigenvalue weighted by Crippen LogP contribution is 2.24. The Bertz CT molecular complexity index is 584. The van der Waals surface area contributed by atoms with Gasteiger partial charge in [-0.2, -0.15) is 0 Å². The monoisotopic (exact) mass is 311 g/mol. The molecule has 2 heterocycles. The predicted octanol–water partition coefficient (Wildman–Crippen LogP) is 3.09. The second kappa shape index (κ2) is 7.73. The molecule has 0 aromatic carbocycles. The van der Waals surface area contributed by atoms with E-state index in [1.807, 2.05) is 26.0 Å². The molecule has 0 amide bonds. The zero-order valence-electron chi connectivity index (χ0n) is 12.8. The van der Waals surface area contributed by atoms with E-state index in [1.165, 1.54) is 0 Å². The van der Waals surface area contributed by atoms with Crippen molar-refractivity contribution in [2.75, 3.05) is 26.9 Å². The van der Waals surface area contributed by atoms with Gasteiger partial charge in [0.15, 0.2) is 5.65 Å². The van der Waals surface area contributed by atoms with Crippen molar-refractivity contribution in [3.63, 3.8) is 0 Å². The second-order valence-electron chi connectivity index (χ2n) is 4.99. The third kappa shape index (κ3) is 4.15. The molecule has 0 N–H and O–H groups in total. The van der Waals surface area contributed by atoms with E-state index in [0.717, 1.165) is 35.6 Å². The Labute approximate surface area is 130 Å². The fourth-order valence-corrected chi connectivity index (χ4v) is 2.37. The van der Waals surface area contributed by atoms with Crippen molar-refractivity contribution < 1.29 is 9.47 Å². The minimum atomic E-state index is -0.145. The standard InChI is InChI=1S/C15H22ClN3O2/c1-11-5-6-13-15(17-11)19(14(18-13)12(2)16)7-4-8-21-10-9-20-3/h5-6,12H,4,7-10H2,1-3H3. The van der Waals surface area contributed by atoms with Crippen molar-refractivity contribution in [2.45, 2.75) is 32.2 Å².